The van der Waals surface area contributed by atoms with Crippen LogP contribution in [0.4, 0.5) is 11.5 Å². The summed E-state index contributed by atoms with van der Waals surface area (Å²) < 4.78 is 0. The van der Waals surface area contributed by atoms with Gasteiger partial charge in [0.05, 0.1) is 16.9 Å². The first-order valence-corrected chi connectivity index (χ1v) is 6.61. The van der Waals surface area contributed by atoms with E-state index in [1.807, 2.05) is 0 Å². The summed E-state index contributed by atoms with van der Waals surface area (Å²) >= 11 is 6.21. The number of hydrogen-bond donors (Lipinski definition) is 1. The van der Waals surface area contributed by atoms with Crippen LogP contribution in [-0.4, -0.2) is 18.1 Å². The number of hydrogen-bond acceptors (Lipinski definition) is 3. The van der Waals surface area contributed by atoms with Crippen LogP contribution in [-0.2, 0) is 0 Å². The molecule has 1 fully saturated rings. The van der Waals surface area contributed by atoms with Gasteiger partial charge < -0.3 is 10.6 Å². The van der Waals surface area contributed by atoms with E-state index in [4.69, 9.17) is 17.3 Å². The molecule has 1 aromatic rings. The Morgan fingerprint density at radius 1 is 1.41 bits per heavy atom. The third-order valence-corrected chi connectivity index (χ3v) is 4.02. The molecule has 94 valence electrons. The lowest BCUT2D eigenvalue weighted by molar-refractivity contribution is 0.320. The fraction of sp³-hybridized carbons (Fsp3) is 0.615. The van der Waals surface area contributed by atoms with Gasteiger partial charge in [-0.3, -0.25) is 0 Å². The SMILES string of the molecule is CC1CCCCC1N(C)c1ncc(N)cc1Cl. The van der Waals surface area contributed by atoms with E-state index in [0.717, 1.165) is 5.82 Å². The molecule has 0 radical (unpaired) electrons. The zero-order valence-corrected chi connectivity index (χ0v) is 11.2. The van der Waals surface area contributed by atoms with Crippen molar-refractivity contribution in [3.05, 3.63) is 17.3 Å². The summed E-state index contributed by atoms with van der Waals surface area (Å²) in [6, 6.07) is 2.31. The maximum atomic E-state index is 6.21. The number of halogens is 1. The van der Waals surface area contributed by atoms with E-state index >= 15 is 0 Å². The summed E-state index contributed by atoms with van der Waals surface area (Å²) in [5, 5.41) is 0.644. The van der Waals surface area contributed by atoms with E-state index in [1.165, 1.54) is 25.7 Å². The van der Waals surface area contributed by atoms with Crippen LogP contribution in [0.5, 0.6) is 0 Å². The van der Waals surface area contributed by atoms with Crippen LogP contribution in [0.1, 0.15) is 32.6 Å². The predicted molar refractivity (Wildman–Crippen MR) is 73.5 cm³/mol. The van der Waals surface area contributed by atoms with Gasteiger partial charge in [-0.15, -0.1) is 0 Å². The number of rotatable bonds is 2. The van der Waals surface area contributed by atoms with Gasteiger partial charge in [-0.05, 0) is 24.8 Å². The fourth-order valence-electron chi connectivity index (χ4n) is 2.73. The van der Waals surface area contributed by atoms with Crippen molar-refractivity contribution in [2.75, 3.05) is 17.7 Å². The number of anilines is 2. The van der Waals surface area contributed by atoms with Crippen molar-refractivity contribution >= 4 is 23.1 Å². The zero-order chi connectivity index (χ0) is 12.4. The monoisotopic (exact) mass is 253 g/mol. The number of nitrogen functional groups attached to an aromatic ring is 1. The topological polar surface area (TPSA) is 42.2 Å². The lowest BCUT2D eigenvalue weighted by atomic mass is 9.85. The summed E-state index contributed by atoms with van der Waals surface area (Å²) in [5.74, 6) is 1.55. The lowest BCUT2D eigenvalue weighted by Gasteiger charge is -2.37. The van der Waals surface area contributed by atoms with Gasteiger partial charge in [0.1, 0.15) is 5.82 Å². The van der Waals surface area contributed by atoms with Crippen LogP contribution in [0.2, 0.25) is 5.02 Å². The van der Waals surface area contributed by atoms with Crippen molar-refractivity contribution in [3.63, 3.8) is 0 Å². The highest BCUT2D eigenvalue weighted by Crippen LogP contribution is 2.33. The quantitative estimate of drug-likeness (QED) is 0.879. The third kappa shape index (κ3) is 2.65. The molecule has 0 aliphatic heterocycles. The lowest BCUT2D eigenvalue weighted by Crippen LogP contribution is -2.39. The Kier molecular flexibility index (Phi) is 3.77. The van der Waals surface area contributed by atoms with Gasteiger partial charge in [0.25, 0.3) is 0 Å². The van der Waals surface area contributed by atoms with Gasteiger partial charge in [-0.2, -0.15) is 0 Å². The highest BCUT2D eigenvalue weighted by molar-refractivity contribution is 6.33. The Labute approximate surface area is 108 Å². The molecule has 4 heteroatoms. The molecule has 1 aliphatic carbocycles. The molecule has 0 amide bonds. The first-order chi connectivity index (χ1) is 8.09. The molecule has 2 N–H and O–H groups in total. The number of nitrogens with two attached hydrogens (primary N) is 1. The van der Waals surface area contributed by atoms with Crippen LogP contribution in [0.3, 0.4) is 0 Å². The minimum Gasteiger partial charge on any atom is -0.397 e. The Balaban J connectivity index is 2.20. The van der Waals surface area contributed by atoms with Gasteiger partial charge in [-0.25, -0.2) is 4.98 Å². The first-order valence-electron chi connectivity index (χ1n) is 6.23. The minimum absolute atomic E-state index is 0.539. The molecule has 0 bridgehead atoms. The average molecular weight is 254 g/mol. The predicted octanol–water partition coefficient (Wildman–Crippen LogP) is 3.33. The Morgan fingerprint density at radius 2 is 2.12 bits per heavy atom. The standard InChI is InChI=1S/C13H20ClN3/c1-9-5-3-4-6-12(9)17(2)13-11(14)7-10(15)8-16-13/h7-9,12H,3-6,15H2,1-2H3. The van der Waals surface area contributed by atoms with Gasteiger partial charge in [0.2, 0.25) is 0 Å². The minimum atomic E-state index is 0.539. The molecule has 0 spiro atoms. The summed E-state index contributed by atoms with van der Waals surface area (Å²) in [6.07, 6.45) is 6.83. The van der Waals surface area contributed by atoms with E-state index in [1.54, 1.807) is 12.3 Å². The number of nitrogens with zero attached hydrogens (tertiary/aromatic N) is 2. The molecule has 0 saturated heterocycles. The van der Waals surface area contributed by atoms with E-state index in [0.29, 0.717) is 22.7 Å². The maximum Gasteiger partial charge on any atom is 0.147 e. The van der Waals surface area contributed by atoms with Crippen molar-refractivity contribution in [2.45, 2.75) is 38.6 Å². The van der Waals surface area contributed by atoms with Crippen LogP contribution in [0.15, 0.2) is 12.3 Å². The first kappa shape index (κ1) is 12.5. The van der Waals surface area contributed by atoms with E-state index in [9.17, 15) is 0 Å². The van der Waals surface area contributed by atoms with Crippen LogP contribution < -0.4 is 10.6 Å². The largest absolute Gasteiger partial charge is 0.397 e. The van der Waals surface area contributed by atoms with Crippen molar-refractivity contribution in [1.82, 2.24) is 4.98 Å². The molecule has 0 aromatic carbocycles. The molecule has 1 aromatic heterocycles. The van der Waals surface area contributed by atoms with Crippen LogP contribution in [0.25, 0.3) is 0 Å². The normalized spacial score (nSPS) is 24.6. The van der Waals surface area contributed by atoms with Crippen LogP contribution in [0, 0.1) is 5.92 Å². The Hall–Kier alpha value is -0.960. The molecular formula is C13H20ClN3. The van der Waals surface area contributed by atoms with Crippen molar-refractivity contribution < 1.29 is 0 Å². The molecule has 2 unspecified atom stereocenters. The molecule has 17 heavy (non-hydrogen) atoms. The Bertz CT molecular complexity index is 394. The van der Waals surface area contributed by atoms with Gasteiger partial charge >= 0.3 is 0 Å². The van der Waals surface area contributed by atoms with Crippen molar-refractivity contribution in [1.29, 1.82) is 0 Å². The van der Waals surface area contributed by atoms with Gasteiger partial charge in [-0.1, -0.05) is 31.4 Å². The summed E-state index contributed by atoms with van der Waals surface area (Å²) in [5.41, 5.74) is 6.28. The molecule has 2 rings (SSSR count). The molecule has 1 heterocycles. The van der Waals surface area contributed by atoms with Gasteiger partial charge in [0.15, 0.2) is 0 Å². The van der Waals surface area contributed by atoms with Gasteiger partial charge in [0, 0.05) is 13.1 Å². The van der Waals surface area contributed by atoms with E-state index in [2.05, 4.69) is 23.9 Å². The van der Waals surface area contributed by atoms with E-state index < -0.39 is 0 Å². The molecule has 2 atom stereocenters. The number of pyridine rings is 1. The second-order valence-electron chi connectivity index (χ2n) is 5.01. The van der Waals surface area contributed by atoms with Crippen molar-refractivity contribution in [2.24, 2.45) is 5.92 Å². The molecular weight excluding hydrogens is 234 g/mol. The van der Waals surface area contributed by atoms with Crippen molar-refractivity contribution in [3.8, 4) is 0 Å². The summed E-state index contributed by atoms with van der Waals surface area (Å²) in [7, 11) is 2.08. The highest BCUT2D eigenvalue weighted by Gasteiger charge is 2.26. The molecule has 1 aliphatic rings. The number of aromatic nitrogens is 1. The highest BCUT2D eigenvalue weighted by atomic mass is 35.5. The molecule has 3 nitrogen and oxygen atoms in total. The van der Waals surface area contributed by atoms with E-state index in [-0.39, 0.29) is 0 Å². The second-order valence-corrected chi connectivity index (χ2v) is 5.42. The summed E-state index contributed by atoms with van der Waals surface area (Å²) in [6.45, 7) is 2.31. The zero-order valence-electron chi connectivity index (χ0n) is 10.5. The fourth-order valence-corrected chi connectivity index (χ4v) is 3.04. The second kappa shape index (κ2) is 5.13. The summed E-state index contributed by atoms with van der Waals surface area (Å²) in [4.78, 5) is 6.57. The maximum absolute atomic E-state index is 6.21. The third-order valence-electron chi connectivity index (χ3n) is 3.74. The molecule has 1 saturated carbocycles. The van der Waals surface area contributed by atoms with Crippen LogP contribution >= 0.6 is 11.6 Å². The Morgan fingerprint density at radius 3 is 2.76 bits per heavy atom. The average Bonchev–Trinajstić information content (AvgIpc) is 2.29. The smallest absolute Gasteiger partial charge is 0.147 e.